The summed E-state index contributed by atoms with van der Waals surface area (Å²) in [7, 11) is 0. The molecule has 35 heavy (non-hydrogen) atoms. The molecule has 2 heterocycles. The Morgan fingerprint density at radius 2 is 1.89 bits per heavy atom. The van der Waals surface area contributed by atoms with E-state index in [1.54, 1.807) is 12.3 Å². The quantitative estimate of drug-likeness (QED) is 0.495. The van der Waals surface area contributed by atoms with Crippen LogP contribution in [0.1, 0.15) is 49.7 Å². The fourth-order valence-corrected chi connectivity index (χ4v) is 5.64. The zero-order valence-electron chi connectivity index (χ0n) is 19.9. The molecule has 0 radical (unpaired) electrons. The zero-order chi connectivity index (χ0) is 24.2. The minimum atomic E-state index is -0.285. The van der Waals surface area contributed by atoms with Gasteiger partial charge in [0.1, 0.15) is 5.82 Å². The number of amides is 1. The number of carbonyl (C=O) groups is 1. The maximum atomic E-state index is 13.5. The third kappa shape index (κ3) is 5.49. The van der Waals surface area contributed by atoms with Crippen molar-refractivity contribution in [3.05, 3.63) is 65.6 Å². The average Bonchev–Trinajstić information content (AvgIpc) is 3.26. The number of nitrogens with zero attached hydrogens (tertiary/aromatic N) is 2. The van der Waals surface area contributed by atoms with Crippen LogP contribution < -0.4 is 15.5 Å². The molecular formula is C28H32FN5O. The first-order valence-corrected chi connectivity index (χ1v) is 12.6. The van der Waals surface area contributed by atoms with Crippen molar-refractivity contribution in [1.82, 2.24) is 15.6 Å². The molecular weight excluding hydrogens is 441 g/mol. The average molecular weight is 474 g/mol. The Hall–Kier alpha value is -3.37. The van der Waals surface area contributed by atoms with Gasteiger partial charge in [-0.15, -0.1) is 0 Å². The Morgan fingerprint density at radius 3 is 2.69 bits per heavy atom. The molecule has 3 atom stereocenters. The van der Waals surface area contributed by atoms with E-state index in [2.05, 4.69) is 26.6 Å². The molecule has 6 nitrogen and oxygen atoms in total. The topological polar surface area (TPSA) is 83.9 Å². The van der Waals surface area contributed by atoms with E-state index < -0.39 is 0 Å². The van der Waals surface area contributed by atoms with Gasteiger partial charge in [0.05, 0.1) is 18.1 Å². The number of aromatic amines is 1. The summed E-state index contributed by atoms with van der Waals surface area (Å²) >= 11 is 0. The summed E-state index contributed by atoms with van der Waals surface area (Å²) in [6.07, 6.45) is 8.66. The highest BCUT2D eigenvalue weighted by atomic mass is 19.1. The van der Waals surface area contributed by atoms with E-state index in [1.165, 1.54) is 18.6 Å². The van der Waals surface area contributed by atoms with E-state index in [0.717, 1.165) is 61.8 Å². The largest absolute Gasteiger partial charge is 0.370 e. The highest BCUT2D eigenvalue weighted by Crippen LogP contribution is 2.25. The number of H-pyrrole nitrogens is 1. The molecule has 182 valence electrons. The lowest BCUT2D eigenvalue weighted by atomic mass is 9.88. The molecule has 3 aromatic rings. The Labute approximate surface area is 205 Å². The van der Waals surface area contributed by atoms with Crippen molar-refractivity contribution >= 4 is 22.5 Å². The summed E-state index contributed by atoms with van der Waals surface area (Å²) in [4.78, 5) is 18.4. The molecule has 1 aliphatic heterocycles. The molecule has 0 bridgehead atoms. The van der Waals surface area contributed by atoms with Crippen molar-refractivity contribution in [2.24, 2.45) is 0 Å². The van der Waals surface area contributed by atoms with Crippen molar-refractivity contribution in [2.75, 3.05) is 18.0 Å². The minimum Gasteiger partial charge on any atom is -0.370 e. The second-order valence-electron chi connectivity index (χ2n) is 9.86. The molecule has 7 heteroatoms. The number of benzene rings is 2. The third-order valence-corrected chi connectivity index (χ3v) is 7.43. The standard InChI is InChI=1S/C28H32FN5O/c29-21-9-12-24-20(17-31-27(24)15-21)14-28(35)33-26-6-2-1-5-25(26)32-22-4-3-13-34(18-22)23-10-7-19(16-30)8-11-23/h7-12,15,17,22,25-26,31-32H,1-6,13-14,18H2,(H,33,35)/t22-,25+,26+/m0/s1. The van der Waals surface area contributed by atoms with Crippen LogP contribution in [0.15, 0.2) is 48.7 Å². The molecule has 1 amide bonds. The van der Waals surface area contributed by atoms with Crippen LogP contribution in [0.3, 0.4) is 0 Å². The lowest BCUT2D eigenvalue weighted by Gasteiger charge is -2.40. The van der Waals surface area contributed by atoms with Gasteiger partial charge in [0.25, 0.3) is 0 Å². The number of rotatable bonds is 6. The highest BCUT2D eigenvalue weighted by Gasteiger charge is 2.30. The first-order chi connectivity index (χ1) is 17.1. The Balaban J connectivity index is 1.19. The number of aromatic nitrogens is 1. The minimum absolute atomic E-state index is 0.0109. The van der Waals surface area contributed by atoms with Crippen LogP contribution in [-0.2, 0) is 11.2 Å². The number of hydrogen-bond acceptors (Lipinski definition) is 4. The fraction of sp³-hybridized carbons (Fsp3) is 0.429. The van der Waals surface area contributed by atoms with Crippen molar-refractivity contribution in [3.8, 4) is 6.07 Å². The Bertz CT molecular complexity index is 1210. The lowest BCUT2D eigenvalue weighted by Crippen LogP contribution is -2.57. The smallest absolute Gasteiger partial charge is 0.224 e. The van der Waals surface area contributed by atoms with E-state index in [0.29, 0.717) is 17.1 Å². The molecule has 2 aliphatic rings. The first-order valence-electron chi connectivity index (χ1n) is 12.6. The van der Waals surface area contributed by atoms with Crippen LogP contribution in [0.2, 0.25) is 0 Å². The number of fused-ring (bicyclic) bond motifs is 1. The number of carbonyl (C=O) groups excluding carboxylic acids is 1. The van der Waals surface area contributed by atoms with Gasteiger partial charge in [-0.25, -0.2) is 4.39 Å². The van der Waals surface area contributed by atoms with Crippen LogP contribution in [0.25, 0.3) is 10.9 Å². The molecule has 1 aliphatic carbocycles. The summed E-state index contributed by atoms with van der Waals surface area (Å²) in [5.41, 5.74) is 3.45. The second kappa shape index (κ2) is 10.5. The van der Waals surface area contributed by atoms with Crippen molar-refractivity contribution in [1.29, 1.82) is 5.26 Å². The number of halogens is 1. The molecule has 1 saturated heterocycles. The second-order valence-corrected chi connectivity index (χ2v) is 9.86. The van der Waals surface area contributed by atoms with Gasteiger partial charge in [-0.1, -0.05) is 12.8 Å². The number of hydrogen-bond donors (Lipinski definition) is 3. The summed E-state index contributed by atoms with van der Waals surface area (Å²) in [6.45, 7) is 1.94. The summed E-state index contributed by atoms with van der Waals surface area (Å²) < 4.78 is 13.5. The molecule has 0 spiro atoms. The van der Waals surface area contributed by atoms with Crippen molar-refractivity contribution in [3.63, 3.8) is 0 Å². The van der Waals surface area contributed by atoms with Crippen LogP contribution in [0, 0.1) is 17.1 Å². The SMILES string of the molecule is N#Cc1ccc(N2CCC[C@H](N[C@@H]3CCCC[C@H]3NC(=O)Cc3c[nH]c4cc(F)ccc34)C2)cc1. The van der Waals surface area contributed by atoms with E-state index >= 15 is 0 Å². The maximum absolute atomic E-state index is 13.5. The van der Waals surface area contributed by atoms with Gasteiger partial charge in [0.15, 0.2) is 0 Å². The fourth-order valence-electron chi connectivity index (χ4n) is 5.64. The van der Waals surface area contributed by atoms with Gasteiger partial charge in [-0.3, -0.25) is 4.79 Å². The summed E-state index contributed by atoms with van der Waals surface area (Å²) in [5, 5.41) is 17.1. The molecule has 2 aromatic carbocycles. The predicted molar refractivity (Wildman–Crippen MR) is 136 cm³/mol. The Kier molecular flexibility index (Phi) is 7.01. The van der Waals surface area contributed by atoms with Gasteiger partial charge in [0.2, 0.25) is 5.91 Å². The van der Waals surface area contributed by atoms with Crippen molar-refractivity contribution in [2.45, 2.75) is 63.1 Å². The summed E-state index contributed by atoms with van der Waals surface area (Å²) in [5.74, 6) is -0.274. The predicted octanol–water partition coefficient (Wildman–Crippen LogP) is 4.41. The van der Waals surface area contributed by atoms with Gasteiger partial charge in [-0.05, 0) is 73.7 Å². The van der Waals surface area contributed by atoms with Crippen LogP contribution in [-0.4, -0.2) is 42.1 Å². The van der Waals surface area contributed by atoms with Gasteiger partial charge in [-0.2, -0.15) is 5.26 Å². The van der Waals surface area contributed by atoms with Gasteiger partial charge >= 0.3 is 0 Å². The maximum Gasteiger partial charge on any atom is 0.224 e. The van der Waals surface area contributed by atoms with Crippen molar-refractivity contribution < 1.29 is 9.18 Å². The first kappa shape index (κ1) is 23.4. The zero-order valence-corrected chi connectivity index (χ0v) is 19.9. The van der Waals surface area contributed by atoms with Crippen LogP contribution >= 0.6 is 0 Å². The number of nitrogens with one attached hydrogen (secondary N) is 3. The van der Waals surface area contributed by atoms with Crippen LogP contribution in [0.5, 0.6) is 0 Å². The van der Waals surface area contributed by atoms with Gasteiger partial charge < -0.3 is 20.5 Å². The number of anilines is 1. The monoisotopic (exact) mass is 473 g/mol. The van der Waals surface area contributed by atoms with Crippen LogP contribution in [0.4, 0.5) is 10.1 Å². The molecule has 3 N–H and O–H groups in total. The third-order valence-electron chi connectivity index (χ3n) is 7.43. The molecule has 1 aromatic heterocycles. The molecule has 2 fully saturated rings. The lowest BCUT2D eigenvalue weighted by molar-refractivity contribution is -0.121. The highest BCUT2D eigenvalue weighted by molar-refractivity contribution is 5.89. The van der Waals surface area contributed by atoms with E-state index in [4.69, 9.17) is 5.26 Å². The molecule has 0 unspecified atom stereocenters. The number of nitriles is 1. The summed E-state index contributed by atoms with van der Waals surface area (Å²) in [6, 6.07) is 15.4. The van der Waals surface area contributed by atoms with E-state index in [9.17, 15) is 9.18 Å². The van der Waals surface area contributed by atoms with Gasteiger partial charge in [0, 0.05) is 54.0 Å². The Morgan fingerprint density at radius 1 is 1.09 bits per heavy atom. The normalized spacial score (nSPS) is 22.6. The van der Waals surface area contributed by atoms with E-state index in [-0.39, 0.29) is 30.2 Å². The molecule has 1 saturated carbocycles. The van der Waals surface area contributed by atoms with E-state index in [1.807, 2.05) is 24.3 Å². The number of piperidine rings is 1. The molecule has 5 rings (SSSR count).